The lowest BCUT2D eigenvalue weighted by molar-refractivity contribution is -0.125. The number of benzene rings is 2. The first kappa shape index (κ1) is 17.5. The highest BCUT2D eigenvalue weighted by molar-refractivity contribution is 5.98. The van der Waals surface area contributed by atoms with Gasteiger partial charge >= 0.3 is 5.97 Å². The van der Waals surface area contributed by atoms with Crippen molar-refractivity contribution in [3.05, 3.63) is 89.4 Å². The fourth-order valence-corrected chi connectivity index (χ4v) is 2.53. The van der Waals surface area contributed by atoms with Crippen LogP contribution in [0.15, 0.2) is 71.3 Å². The Bertz CT molecular complexity index is 901. The van der Waals surface area contributed by atoms with Crippen LogP contribution in [0.3, 0.4) is 0 Å². The molecule has 26 heavy (non-hydrogen) atoms. The van der Waals surface area contributed by atoms with E-state index in [-0.39, 0.29) is 5.76 Å². The van der Waals surface area contributed by atoms with Crippen molar-refractivity contribution in [3.63, 3.8) is 0 Å². The largest absolute Gasteiger partial charge is 0.457 e. The number of carbonyl (C=O) groups is 2. The summed E-state index contributed by atoms with van der Waals surface area (Å²) in [5, 5.41) is 2.85. The van der Waals surface area contributed by atoms with Gasteiger partial charge in [0.05, 0.1) is 6.26 Å². The topological polar surface area (TPSA) is 68.5 Å². The van der Waals surface area contributed by atoms with Crippen LogP contribution in [-0.4, -0.2) is 11.9 Å². The van der Waals surface area contributed by atoms with Crippen LogP contribution < -0.4 is 5.32 Å². The van der Waals surface area contributed by atoms with Crippen molar-refractivity contribution in [1.82, 2.24) is 0 Å². The lowest BCUT2D eigenvalue weighted by Crippen LogP contribution is -2.26. The van der Waals surface area contributed by atoms with Gasteiger partial charge in [-0.15, -0.1) is 0 Å². The van der Waals surface area contributed by atoms with E-state index in [0.717, 1.165) is 11.1 Å². The van der Waals surface area contributed by atoms with E-state index < -0.39 is 18.0 Å². The van der Waals surface area contributed by atoms with Gasteiger partial charge in [-0.05, 0) is 43.2 Å². The summed E-state index contributed by atoms with van der Waals surface area (Å²) in [4.78, 5) is 25.1. The predicted molar refractivity (Wildman–Crippen MR) is 97.9 cm³/mol. The number of hydrogen-bond acceptors (Lipinski definition) is 4. The Morgan fingerprint density at radius 2 is 1.77 bits per heavy atom. The molecule has 3 aromatic rings. The molecule has 1 heterocycles. The number of nitrogens with one attached hydrogen (secondary N) is 1. The van der Waals surface area contributed by atoms with Crippen LogP contribution in [0.4, 0.5) is 5.69 Å². The third-order valence-corrected chi connectivity index (χ3v) is 3.94. The summed E-state index contributed by atoms with van der Waals surface area (Å²) >= 11 is 0. The first-order valence-electron chi connectivity index (χ1n) is 8.22. The number of carbonyl (C=O) groups excluding carboxylic acids is 2. The van der Waals surface area contributed by atoms with Gasteiger partial charge in [-0.3, -0.25) is 4.79 Å². The Morgan fingerprint density at radius 1 is 1.00 bits per heavy atom. The van der Waals surface area contributed by atoms with Crippen molar-refractivity contribution in [3.8, 4) is 0 Å². The number of amides is 1. The number of rotatable bonds is 5. The van der Waals surface area contributed by atoms with Gasteiger partial charge in [-0.1, -0.05) is 42.5 Å². The average molecular weight is 349 g/mol. The van der Waals surface area contributed by atoms with E-state index in [9.17, 15) is 9.59 Å². The van der Waals surface area contributed by atoms with Crippen LogP contribution in [0.1, 0.15) is 33.3 Å². The van der Waals surface area contributed by atoms with Gasteiger partial charge in [-0.25, -0.2) is 4.79 Å². The molecule has 0 saturated heterocycles. The fourth-order valence-electron chi connectivity index (χ4n) is 2.53. The maximum atomic E-state index is 12.9. The second-order valence-electron chi connectivity index (χ2n) is 5.98. The summed E-state index contributed by atoms with van der Waals surface area (Å²) in [6.07, 6.45) is 0.290. The minimum Gasteiger partial charge on any atom is -0.457 e. The van der Waals surface area contributed by atoms with E-state index in [1.165, 1.54) is 12.3 Å². The van der Waals surface area contributed by atoms with Gasteiger partial charge in [0.1, 0.15) is 0 Å². The van der Waals surface area contributed by atoms with Crippen molar-refractivity contribution in [2.45, 2.75) is 20.0 Å². The summed E-state index contributed by atoms with van der Waals surface area (Å²) in [5.41, 5.74) is 3.21. The highest BCUT2D eigenvalue weighted by Crippen LogP contribution is 2.23. The number of esters is 1. The first-order valence-corrected chi connectivity index (χ1v) is 8.22. The molecule has 1 amide bonds. The average Bonchev–Trinajstić information content (AvgIpc) is 3.18. The van der Waals surface area contributed by atoms with Gasteiger partial charge in [0, 0.05) is 11.3 Å². The van der Waals surface area contributed by atoms with Gasteiger partial charge in [0.25, 0.3) is 5.91 Å². The van der Waals surface area contributed by atoms with Crippen LogP contribution in [0.2, 0.25) is 0 Å². The summed E-state index contributed by atoms with van der Waals surface area (Å²) in [6, 6.07) is 17.7. The summed E-state index contributed by atoms with van der Waals surface area (Å²) in [7, 11) is 0. The quantitative estimate of drug-likeness (QED) is 0.692. The molecule has 0 aliphatic carbocycles. The van der Waals surface area contributed by atoms with E-state index in [2.05, 4.69) is 5.32 Å². The molecule has 0 aliphatic heterocycles. The maximum absolute atomic E-state index is 12.9. The first-order chi connectivity index (χ1) is 12.5. The molecule has 0 aliphatic rings. The summed E-state index contributed by atoms with van der Waals surface area (Å²) in [5.74, 6) is -1.07. The van der Waals surface area contributed by atoms with Gasteiger partial charge in [0.15, 0.2) is 0 Å². The molecule has 5 nitrogen and oxygen atoms in total. The van der Waals surface area contributed by atoms with E-state index in [4.69, 9.17) is 9.15 Å². The third kappa shape index (κ3) is 4.00. The van der Waals surface area contributed by atoms with E-state index >= 15 is 0 Å². The molecule has 0 saturated carbocycles. The number of hydrogen-bond donors (Lipinski definition) is 1. The Labute approximate surface area is 151 Å². The highest BCUT2D eigenvalue weighted by Gasteiger charge is 2.27. The van der Waals surface area contributed by atoms with Gasteiger partial charge < -0.3 is 14.5 Å². The Balaban J connectivity index is 1.86. The van der Waals surface area contributed by atoms with E-state index in [0.29, 0.717) is 11.3 Å². The molecular formula is C21H19NO4. The lowest BCUT2D eigenvalue weighted by Gasteiger charge is -2.18. The standard InChI is InChI=1S/C21H19NO4/c1-14-10-11-15(2)17(13-14)22-20(23)19(16-7-4-3-5-8-16)26-21(24)18-9-6-12-25-18/h3-13,19H,1-2H3,(H,22,23). The Morgan fingerprint density at radius 3 is 2.46 bits per heavy atom. The number of ether oxygens (including phenoxy) is 1. The van der Waals surface area contributed by atoms with Crippen LogP contribution in [-0.2, 0) is 9.53 Å². The third-order valence-electron chi connectivity index (χ3n) is 3.94. The molecule has 0 radical (unpaired) electrons. The zero-order valence-corrected chi connectivity index (χ0v) is 14.6. The zero-order valence-electron chi connectivity index (χ0n) is 14.6. The molecular weight excluding hydrogens is 330 g/mol. The Hall–Kier alpha value is -3.34. The van der Waals surface area contributed by atoms with Crippen molar-refractivity contribution < 1.29 is 18.7 Å². The normalized spacial score (nSPS) is 11.6. The smallest absolute Gasteiger partial charge is 0.375 e. The van der Waals surface area contributed by atoms with Crippen LogP contribution in [0.5, 0.6) is 0 Å². The van der Waals surface area contributed by atoms with Crippen LogP contribution in [0, 0.1) is 13.8 Å². The monoisotopic (exact) mass is 349 g/mol. The molecule has 0 fully saturated rings. The minimum atomic E-state index is -1.09. The van der Waals surface area contributed by atoms with Gasteiger partial charge in [-0.2, -0.15) is 0 Å². The molecule has 2 aromatic carbocycles. The van der Waals surface area contributed by atoms with E-state index in [1.807, 2.05) is 38.1 Å². The molecule has 132 valence electrons. The lowest BCUT2D eigenvalue weighted by atomic mass is 10.1. The molecule has 0 bridgehead atoms. The minimum absolute atomic E-state index is 0.0467. The number of furan rings is 1. The molecule has 1 atom stereocenters. The predicted octanol–water partition coefficient (Wildman–Crippen LogP) is 4.43. The SMILES string of the molecule is Cc1ccc(C)c(NC(=O)C(OC(=O)c2ccco2)c2ccccc2)c1. The second-order valence-corrected chi connectivity index (χ2v) is 5.98. The number of aryl methyl sites for hydroxylation is 2. The second kappa shape index (κ2) is 7.70. The molecule has 0 spiro atoms. The highest BCUT2D eigenvalue weighted by atomic mass is 16.6. The molecule has 1 unspecified atom stereocenters. The number of anilines is 1. The summed E-state index contributed by atoms with van der Waals surface area (Å²) < 4.78 is 10.5. The van der Waals surface area contributed by atoms with Crippen molar-refractivity contribution in [2.24, 2.45) is 0 Å². The van der Waals surface area contributed by atoms with Gasteiger partial charge in [0.2, 0.25) is 11.9 Å². The molecule has 3 rings (SSSR count). The maximum Gasteiger partial charge on any atom is 0.375 e. The molecule has 1 aromatic heterocycles. The van der Waals surface area contributed by atoms with Crippen LogP contribution >= 0.6 is 0 Å². The zero-order chi connectivity index (χ0) is 18.5. The van der Waals surface area contributed by atoms with Crippen molar-refractivity contribution in [1.29, 1.82) is 0 Å². The van der Waals surface area contributed by atoms with E-state index in [1.54, 1.807) is 30.3 Å². The van der Waals surface area contributed by atoms with Crippen molar-refractivity contribution >= 4 is 17.6 Å². The fraction of sp³-hybridized carbons (Fsp3) is 0.143. The van der Waals surface area contributed by atoms with Crippen LogP contribution in [0.25, 0.3) is 0 Å². The molecule has 5 heteroatoms. The van der Waals surface area contributed by atoms with Crippen molar-refractivity contribution in [2.75, 3.05) is 5.32 Å². The Kier molecular flexibility index (Phi) is 5.17. The summed E-state index contributed by atoms with van der Waals surface area (Å²) in [6.45, 7) is 3.85. The molecule has 1 N–H and O–H groups in total.